The SMILES string of the molecule is Cc1ccc(NC(=O)[N+]2=CC[C@@]3(CC2)CC3(F)F)cc1-c1cncc(F)c1.[HH]. The van der Waals surface area contributed by atoms with Crippen LogP contribution in [0.1, 0.15) is 26.3 Å². The van der Waals surface area contributed by atoms with Crippen LogP contribution in [0.4, 0.5) is 23.7 Å². The average molecular weight is 376 g/mol. The van der Waals surface area contributed by atoms with E-state index in [1.807, 2.05) is 13.0 Å². The van der Waals surface area contributed by atoms with Gasteiger partial charge in [0.15, 0.2) is 0 Å². The minimum absolute atomic E-state index is 0. The third-order valence-electron chi connectivity index (χ3n) is 5.51. The molecule has 2 aliphatic rings. The molecule has 1 N–H and O–H groups in total. The molecule has 1 aliphatic heterocycles. The molecule has 7 heteroatoms. The molecule has 0 bridgehead atoms. The molecular formula is C20H21F3N3O+. The Kier molecular flexibility index (Phi) is 4.05. The number of benzene rings is 1. The lowest BCUT2D eigenvalue weighted by atomic mass is 9.95. The molecule has 2 aromatic rings. The van der Waals surface area contributed by atoms with Crippen molar-refractivity contribution in [2.24, 2.45) is 5.41 Å². The first kappa shape index (κ1) is 17.7. The zero-order valence-electron chi connectivity index (χ0n) is 14.8. The van der Waals surface area contributed by atoms with Gasteiger partial charge in [0.2, 0.25) is 0 Å². The van der Waals surface area contributed by atoms with E-state index in [0.717, 1.165) is 17.3 Å². The van der Waals surface area contributed by atoms with E-state index in [1.54, 1.807) is 24.5 Å². The molecule has 27 heavy (non-hydrogen) atoms. The number of aryl methyl sites for hydroxylation is 1. The van der Waals surface area contributed by atoms with Gasteiger partial charge in [0.25, 0.3) is 5.92 Å². The number of hydrogen-bond donors (Lipinski definition) is 1. The predicted molar refractivity (Wildman–Crippen MR) is 97.9 cm³/mol. The van der Waals surface area contributed by atoms with Crippen LogP contribution in [0.2, 0.25) is 0 Å². The van der Waals surface area contributed by atoms with Crippen LogP contribution in [-0.4, -0.2) is 34.3 Å². The molecule has 1 aromatic carbocycles. The summed E-state index contributed by atoms with van der Waals surface area (Å²) < 4.78 is 41.8. The summed E-state index contributed by atoms with van der Waals surface area (Å²) in [5, 5.41) is 2.79. The first-order valence-corrected chi connectivity index (χ1v) is 8.80. The number of nitrogens with zero attached hydrogens (tertiary/aromatic N) is 2. The molecule has 1 spiro atoms. The van der Waals surface area contributed by atoms with Crippen LogP contribution in [0.3, 0.4) is 0 Å². The lowest BCUT2D eigenvalue weighted by Crippen LogP contribution is -2.34. The number of carbonyl (C=O) groups is 1. The van der Waals surface area contributed by atoms with Crippen LogP contribution in [0.15, 0.2) is 36.7 Å². The fraction of sp³-hybridized carbons (Fsp3) is 0.350. The molecule has 142 valence electrons. The number of nitrogens with one attached hydrogen (secondary N) is 1. The van der Waals surface area contributed by atoms with Gasteiger partial charge in [-0.05, 0) is 42.7 Å². The Morgan fingerprint density at radius 3 is 2.70 bits per heavy atom. The first-order valence-electron chi connectivity index (χ1n) is 8.80. The van der Waals surface area contributed by atoms with Crippen molar-refractivity contribution in [1.29, 1.82) is 0 Å². The lowest BCUT2D eigenvalue weighted by Gasteiger charge is -2.19. The van der Waals surface area contributed by atoms with Gasteiger partial charge >= 0.3 is 6.03 Å². The van der Waals surface area contributed by atoms with Crippen molar-refractivity contribution in [3.63, 3.8) is 0 Å². The molecule has 1 saturated carbocycles. The second-order valence-corrected chi connectivity index (χ2v) is 7.34. The first-order chi connectivity index (χ1) is 12.8. The summed E-state index contributed by atoms with van der Waals surface area (Å²) in [6.07, 6.45) is 4.68. The van der Waals surface area contributed by atoms with Crippen molar-refractivity contribution in [3.8, 4) is 11.1 Å². The monoisotopic (exact) mass is 376 g/mol. The van der Waals surface area contributed by atoms with Crippen LogP contribution >= 0.6 is 0 Å². The van der Waals surface area contributed by atoms with Crippen LogP contribution in [0, 0.1) is 18.2 Å². The van der Waals surface area contributed by atoms with E-state index >= 15 is 0 Å². The number of hydrogen-bond acceptors (Lipinski definition) is 2. The van der Waals surface area contributed by atoms with Crippen LogP contribution in [0.25, 0.3) is 11.1 Å². The van der Waals surface area contributed by atoms with E-state index in [4.69, 9.17) is 0 Å². The maximum absolute atomic E-state index is 13.5. The predicted octanol–water partition coefficient (Wildman–Crippen LogP) is 4.88. The normalized spacial score (nSPS) is 23.0. The Morgan fingerprint density at radius 2 is 2.07 bits per heavy atom. The molecule has 0 radical (unpaired) electrons. The number of aromatic nitrogens is 1. The number of alkyl halides is 2. The van der Waals surface area contributed by atoms with Crippen molar-refractivity contribution < 1.29 is 24.0 Å². The average Bonchev–Trinajstić information content (AvgIpc) is 3.16. The number of carbonyl (C=O) groups excluding carboxylic acids is 1. The Hall–Kier alpha value is -2.70. The summed E-state index contributed by atoms with van der Waals surface area (Å²) in [5.41, 5.74) is 1.91. The Labute approximate surface area is 156 Å². The van der Waals surface area contributed by atoms with Crippen LogP contribution < -0.4 is 5.32 Å². The van der Waals surface area contributed by atoms with E-state index in [2.05, 4.69) is 10.3 Å². The van der Waals surface area contributed by atoms with Crippen molar-refractivity contribution in [3.05, 3.63) is 48.0 Å². The summed E-state index contributed by atoms with van der Waals surface area (Å²) in [5.74, 6) is -3.04. The minimum Gasteiger partial charge on any atom is -0.261 e. The fourth-order valence-corrected chi connectivity index (χ4v) is 3.64. The van der Waals surface area contributed by atoms with Gasteiger partial charge in [0.1, 0.15) is 11.5 Å². The molecule has 1 aromatic heterocycles. The molecule has 4 nitrogen and oxygen atoms in total. The number of pyridine rings is 1. The molecule has 1 atom stereocenters. The molecule has 2 amide bonds. The summed E-state index contributed by atoms with van der Waals surface area (Å²) >= 11 is 0. The van der Waals surface area contributed by atoms with Gasteiger partial charge in [-0.2, -0.15) is 4.79 Å². The van der Waals surface area contributed by atoms with Gasteiger partial charge < -0.3 is 0 Å². The highest BCUT2D eigenvalue weighted by Gasteiger charge is 2.71. The summed E-state index contributed by atoms with van der Waals surface area (Å²) in [6.45, 7) is 2.16. The fourth-order valence-electron chi connectivity index (χ4n) is 3.64. The summed E-state index contributed by atoms with van der Waals surface area (Å²) in [4.78, 5) is 16.3. The van der Waals surface area contributed by atoms with Crippen LogP contribution in [-0.2, 0) is 0 Å². The van der Waals surface area contributed by atoms with Crippen LogP contribution in [0.5, 0.6) is 0 Å². The van der Waals surface area contributed by atoms with Gasteiger partial charge in [-0.3, -0.25) is 4.98 Å². The molecule has 2 heterocycles. The third-order valence-corrected chi connectivity index (χ3v) is 5.51. The molecule has 4 rings (SSSR count). The quantitative estimate of drug-likeness (QED) is 0.760. The van der Waals surface area contributed by atoms with E-state index in [0.29, 0.717) is 17.7 Å². The standard InChI is InChI=1S/C20H18F3N3O.H2/c1-13-2-3-16(9-17(13)14-8-15(21)11-24-10-14)25-18(27)26-6-4-19(5-7-26)12-20(19,22)23;/h2-3,6,8-11H,4-5,7,12H2,1H3;1H/p+1/t19-;/m1./s1. The van der Waals surface area contributed by atoms with Gasteiger partial charge in [-0.25, -0.2) is 23.1 Å². The number of halogens is 3. The highest BCUT2D eigenvalue weighted by Crippen LogP contribution is 2.65. The van der Waals surface area contributed by atoms with E-state index < -0.39 is 17.2 Å². The highest BCUT2D eigenvalue weighted by molar-refractivity contribution is 5.87. The lowest BCUT2D eigenvalue weighted by molar-refractivity contribution is -0.429. The van der Waals surface area contributed by atoms with Gasteiger partial charge in [-0.15, -0.1) is 0 Å². The van der Waals surface area contributed by atoms with Crippen molar-refractivity contribution in [2.75, 3.05) is 11.9 Å². The van der Waals surface area contributed by atoms with Crippen molar-refractivity contribution in [1.82, 2.24) is 4.98 Å². The van der Waals surface area contributed by atoms with E-state index in [1.165, 1.54) is 10.6 Å². The zero-order chi connectivity index (χ0) is 19.2. The second kappa shape index (κ2) is 6.18. The molecule has 1 aliphatic carbocycles. The van der Waals surface area contributed by atoms with Gasteiger partial charge in [0, 0.05) is 26.0 Å². The molecule has 1 fully saturated rings. The second-order valence-electron chi connectivity index (χ2n) is 7.34. The Balaban J connectivity index is 0.00000225. The largest absolute Gasteiger partial charge is 0.495 e. The topological polar surface area (TPSA) is 45.0 Å². The Morgan fingerprint density at radius 1 is 1.30 bits per heavy atom. The highest BCUT2D eigenvalue weighted by atomic mass is 19.3. The van der Waals surface area contributed by atoms with Gasteiger partial charge in [0.05, 0.1) is 24.4 Å². The number of urea groups is 1. The smallest absolute Gasteiger partial charge is 0.261 e. The summed E-state index contributed by atoms with van der Waals surface area (Å²) in [6, 6.07) is 6.36. The summed E-state index contributed by atoms with van der Waals surface area (Å²) in [7, 11) is 0. The van der Waals surface area contributed by atoms with Gasteiger partial charge in [-0.1, -0.05) is 6.07 Å². The minimum atomic E-state index is -2.60. The third kappa shape index (κ3) is 3.22. The number of rotatable bonds is 2. The zero-order valence-corrected chi connectivity index (χ0v) is 14.8. The molecular weight excluding hydrogens is 355 g/mol. The van der Waals surface area contributed by atoms with E-state index in [9.17, 15) is 18.0 Å². The maximum atomic E-state index is 13.5. The number of anilines is 1. The van der Waals surface area contributed by atoms with Crippen molar-refractivity contribution in [2.45, 2.75) is 32.1 Å². The maximum Gasteiger partial charge on any atom is 0.495 e. The molecule has 0 saturated heterocycles. The number of amides is 2. The Bertz CT molecular complexity index is 963. The molecule has 0 unspecified atom stereocenters. The van der Waals surface area contributed by atoms with E-state index in [-0.39, 0.29) is 26.8 Å². The van der Waals surface area contributed by atoms with Crippen molar-refractivity contribution >= 4 is 17.9 Å².